The Hall–Kier alpha value is 0.514. The number of hydrogen-bond donors (Lipinski definition) is 0. The fraction of sp³-hybridized carbons (Fsp3) is 0.556. The van der Waals surface area contributed by atoms with Crippen LogP contribution in [0.2, 0.25) is 0 Å². The fourth-order valence-corrected chi connectivity index (χ4v) is 0.250. The topological polar surface area (TPSA) is 17.1 Å². The molecule has 0 spiro atoms. The van der Waals surface area contributed by atoms with Crippen LogP contribution in [0.5, 0.6) is 0 Å². The van der Waals surface area contributed by atoms with Crippen LogP contribution in [0.3, 0.4) is 0 Å². The fourth-order valence-electron chi connectivity index (χ4n) is 0.250. The second-order valence-electron chi connectivity index (χ2n) is 1.98. The van der Waals surface area contributed by atoms with Gasteiger partial charge in [-0.25, -0.2) is 6.08 Å². The number of unbranched alkanes of at least 4 members (excludes halogenated alkanes) is 2. The SMILES string of the molecule is [CH-]=CC(C)=O.[CH2-]CCCC.[Y]. The van der Waals surface area contributed by atoms with E-state index in [1.807, 2.05) is 0 Å². The number of ketones is 1. The summed E-state index contributed by atoms with van der Waals surface area (Å²) >= 11 is 0. The minimum Gasteiger partial charge on any atom is -0.407 e. The van der Waals surface area contributed by atoms with Crippen LogP contribution in [0.25, 0.3) is 0 Å². The molecule has 0 amide bonds. The van der Waals surface area contributed by atoms with Gasteiger partial charge in [0, 0.05) is 32.7 Å². The van der Waals surface area contributed by atoms with Crippen LogP contribution in [-0.2, 0) is 37.5 Å². The molecule has 0 aliphatic rings. The molecule has 0 aromatic carbocycles. The van der Waals surface area contributed by atoms with Crippen LogP contribution in [0, 0.1) is 13.5 Å². The predicted molar refractivity (Wildman–Crippen MR) is 44.4 cm³/mol. The molecular formula is C9H16OY-2. The van der Waals surface area contributed by atoms with Crippen LogP contribution in [0.15, 0.2) is 6.08 Å². The summed E-state index contributed by atoms with van der Waals surface area (Å²) in [4.78, 5) is 9.63. The Kier molecular flexibility index (Phi) is 26.9. The van der Waals surface area contributed by atoms with Crippen molar-refractivity contribution in [2.75, 3.05) is 0 Å². The third kappa shape index (κ3) is 37.4. The first-order valence-corrected chi connectivity index (χ1v) is 3.53. The maximum atomic E-state index is 9.63. The molecule has 0 saturated heterocycles. The molecule has 0 N–H and O–H groups in total. The van der Waals surface area contributed by atoms with E-state index in [1.165, 1.54) is 19.8 Å². The quantitative estimate of drug-likeness (QED) is 0.537. The Balaban J connectivity index is -0.000000107. The van der Waals surface area contributed by atoms with Gasteiger partial charge in [0.1, 0.15) is 0 Å². The Morgan fingerprint density at radius 2 is 2.00 bits per heavy atom. The molecule has 63 valence electrons. The zero-order valence-corrected chi connectivity index (χ0v) is 10.3. The van der Waals surface area contributed by atoms with E-state index in [2.05, 4.69) is 13.8 Å². The number of rotatable bonds is 3. The maximum Gasteiger partial charge on any atom is 0 e. The second kappa shape index (κ2) is 16.9. The molecule has 0 atom stereocenters. The van der Waals surface area contributed by atoms with Crippen molar-refractivity contribution >= 4 is 5.78 Å². The molecule has 0 unspecified atom stereocenters. The van der Waals surface area contributed by atoms with Crippen molar-refractivity contribution in [3.05, 3.63) is 19.6 Å². The standard InChI is InChI=1S/C5H11.C4H5O.Y/c1-3-5-4-2;1-3-4(2)5;/h1,3-5H2,2H3;1,3H,2H3;/q2*-1;. The minimum absolute atomic E-state index is 0. The number of carbonyl (C=O) groups excluding carboxylic acids is 1. The largest absolute Gasteiger partial charge is 0.407 e. The van der Waals surface area contributed by atoms with Gasteiger partial charge in [-0.15, -0.1) is 0 Å². The first-order valence-electron chi connectivity index (χ1n) is 3.53. The Morgan fingerprint density at radius 1 is 1.64 bits per heavy atom. The third-order valence-corrected chi connectivity index (χ3v) is 0.838. The first-order chi connectivity index (χ1) is 4.68. The van der Waals surface area contributed by atoms with Gasteiger partial charge in [-0.1, -0.05) is 26.7 Å². The van der Waals surface area contributed by atoms with E-state index in [4.69, 9.17) is 6.58 Å². The van der Waals surface area contributed by atoms with Gasteiger partial charge in [0.05, 0.1) is 0 Å². The molecule has 0 heterocycles. The zero-order chi connectivity index (χ0) is 8.41. The summed E-state index contributed by atoms with van der Waals surface area (Å²) in [7, 11) is 0. The van der Waals surface area contributed by atoms with Crippen molar-refractivity contribution in [2.45, 2.75) is 33.1 Å². The van der Waals surface area contributed by atoms with Crippen molar-refractivity contribution < 1.29 is 37.5 Å². The molecule has 0 rings (SSSR count). The predicted octanol–water partition coefficient (Wildman–Crippen LogP) is 2.57. The molecular weight excluding hydrogens is 213 g/mol. The minimum atomic E-state index is -0.0926. The van der Waals surface area contributed by atoms with Gasteiger partial charge < -0.3 is 11.7 Å². The monoisotopic (exact) mass is 229 g/mol. The van der Waals surface area contributed by atoms with Gasteiger partial charge in [0.25, 0.3) is 0 Å². The summed E-state index contributed by atoms with van der Waals surface area (Å²) in [6.07, 6.45) is 4.68. The van der Waals surface area contributed by atoms with E-state index in [9.17, 15) is 4.79 Å². The number of carbonyl (C=O) groups is 1. The summed E-state index contributed by atoms with van der Waals surface area (Å²) in [5, 5.41) is 0. The Morgan fingerprint density at radius 3 is 2.00 bits per heavy atom. The van der Waals surface area contributed by atoms with E-state index >= 15 is 0 Å². The van der Waals surface area contributed by atoms with Gasteiger partial charge in [-0.05, 0) is 5.78 Å². The third-order valence-electron chi connectivity index (χ3n) is 0.838. The summed E-state index contributed by atoms with van der Waals surface area (Å²) in [6.45, 7) is 11.9. The molecule has 0 saturated carbocycles. The van der Waals surface area contributed by atoms with E-state index in [0.29, 0.717) is 0 Å². The first kappa shape index (κ1) is 17.6. The summed E-state index contributed by atoms with van der Waals surface area (Å²) in [6, 6.07) is 0. The molecule has 0 aromatic rings. The molecule has 0 aromatic heterocycles. The molecule has 0 aliphatic carbocycles. The van der Waals surface area contributed by atoms with Crippen molar-refractivity contribution in [1.29, 1.82) is 0 Å². The van der Waals surface area contributed by atoms with Crippen LogP contribution in [0.1, 0.15) is 33.1 Å². The molecule has 1 radical (unpaired) electrons. The number of hydrogen-bond acceptors (Lipinski definition) is 1. The second-order valence-corrected chi connectivity index (χ2v) is 1.98. The van der Waals surface area contributed by atoms with Crippen molar-refractivity contribution in [3.63, 3.8) is 0 Å². The van der Waals surface area contributed by atoms with Gasteiger partial charge >= 0.3 is 0 Å². The molecule has 1 nitrogen and oxygen atoms in total. The molecule has 0 bridgehead atoms. The summed E-state index contributed by atoms with van der Waals surface area (Å²) in [5.74, 6) is -0.0926. The van der Waals surface area contributed by atoms with E-state index < -0.39 is 0 Å². The average Bonchev–Trinajstić information content (AvgIpc) is 1.91. The van der Waals surface area contributed by atoms with Crippen LogP contribution in [0.4, 0.5) is 0 Å². The van der Waals surface area contributed by atoms with Crippen molar-refractivity contribution in [3.8, 4) is 0 Å². The van der Waals surface area contributed by atoms with Gasteiger partial charge in [-0.2, -0.15) is 6.42 Å². The Bertz CT molecular complexity index is 87.6. The van der Waals surface area contributed by atoms with Crippen LogP contribution >= 0.6 is 0 Å². The smallest absolute Gasteiger partial charge is 0 e. The van der Waals surface area contributed by atoms with E-state index in [0.717, 1.165) is 12.5 Å². The van der Waals surface area contributed by atoms with Gasteiger partial charge in [0.15, 0.2) is 0 Å². The van der Waals surface area contributed by atoms with E-state index in [1.54, 1.807) is 0 Å². The summed E-state index contributed by atoms with van der Waals surface area (Å²) in [5.41, 5.74) is 0. The molecule has 0 fully saturated rings. The number of allylic oxidation sites excluding steroid dienone is 1. The van der Waals surface area contributed by atoms with Crippen molar-refractivity contribution in [2.24, 2.45) is 0 Å². The molecule has 0 aliphatic heterocycles. The summed E-state index contributed by atoms with van der Waals surface area (Å²) < 4.78 is 0. The Labute approximate surface area is 95.5 Å². The maximum absolute atomic E-state index is 9.63. The zero-order valence-electron chi connectivity index (χ0n) is 7.47. The average molecular weight is 229 g/mol. The van der Waals surface area contributed by atoms with Crippen LogP contribution in [-0.4, -0.2) is 5.78 Å². The van der Waals surface area contributed by atoms with Crippen LogP contribution < -0.4 is 0 Å². The van der Waals surface area contributed by atoms with Gasteiger partial charge in [0.2, 0.25) is 0 Å². The molecule has 2 heteroatoms. The van der Waals surface area contributed by atoms with E-state index in [-0.39, 0.29) is 38.5 Å². The van der Waals surface area contributed by atoms with Gasteiger partial charge in [-0.3, -0.25) is 6.58 Å². The molecule has 11 heavy (non-hydrogen) atoms. The van der Waals surface area contributed by atoms with Crippen molar-refractivity contribution in [1.82, 2.24) is 0 Å². The normalized spacial score (nSPS) is 6.82.